The van der Waals surface area contributed by atoms with Crippen LogP contribution in [0.1, 0.15) is 13.8 Å². The van der Waals surface area contributed by atoms with Gasteiger partial charge in [0.05, 0.1) is 0 Å². The van der Waals surface area contributed by atoms with E-state index in [1.807, 2.05) is 30.3 Å². The normalized spacial score (nSPS) is 10.8. The Bertz CT molecular complexity index is 414. The number of hydrogen-bond donors (Lipinski definition) is 2. The number of nitrogens with one attached hydrogen (secondary N) is 2. The fourth-order valence-corrected chi connectivity index (χ4v) is 1.06. The van der Waals surface area contributed by atoms with Gasteiger partial charge < -0.3 is 5.32 Å². The Morgan fingerprint density at radius 3 is 2.44 bits per heavy atom. The van der Waals surface area contributed by atoms with E-state index in [-0.39, 0.29) is 5.78 Å². The number of hydrazone groups is 1. The molecular formula is C11H13N3OS. The van der Waals surface area contributed by atoms with Crippen LogP contribution in [-0.4, -0.2) is 16.6 Å². The van der Waals surface area contributed by atoms with Gasteiger partial charge in [0.25, 0.3) is 0 Å². The third-order valence-electron chi connectivity index (χ3n) is 1.87. The van der Waals surface area contributed by atoms with Crippen molar-refractivity contribution >= 4 is 34.5 Å². The van der Waals surface area contributed by atoms with Gasteiger partial charge in [0, 0.05) is 12.6 Å². The molecule has 0 radical (unpaired) electrons. The number of thiocarbonyl (C=S) groups is 1. The molecule has 1 rings (SSSR count). The minimum atomic E-state index is -0.0880. The summed E-state index contributed by atoms with van der Waals surface area (Å²) in [6.07, 6.45) is 0. The highest BCUT2D eigenvalue weighted by atomic mass is 32.1. The molecule has 0 fully saturated rings. The topological polar surface area (TPSA) is 53.5 Å². The van der Waals surface area contributed by atoms with Gasteiger partial charge in [-0.3, -0.25) is 10.2 Å². The summed E-state index contributed by atoms with van der Waals surface area (Å²) in [4.78, 5) is 10.9. The molecule has 0 heterocycles. The van der Waals surface area contributed by atoms with Crippen LogP contribution in [0.3, 0.4) is 0 Å². The summed E-state index contributed by atoms with van der Waals surface area (Å²) < 4.78 is 0. The Kier molecular flexibility index (Phi) is 4.60. The van der Waals surface area contributed by atoms with Crippen molar-refractivity contribution in [2.75, 3.05) is 5.32 Å². The van der Waals surface area contributed by atoms with Crippen LogP contribution in [0.25, 0.3) is 0 Å². The second-order valence-electron chi connectivity index (χ2n) is 3.19. The monoisotopic (exact) mass is 235 g/mol. The lowest BCUT2D eigenvalue weighted by Gasteiger charge is -2.06. The molecule has 0 aliphatic heterocycles. The van der Waals surface area contributed by atoms with Crippen molar-refractivity contribution in [3.8, 4) is 0 Å². The number of carbonyl (C=O) groups excluding carboxylic acids is 1. The first kappa shape index (κ1) is 12.3. The SMILES string of the molecule is CC(=O)/C(C)=N/NC(=S)Nc1ccccc1. The second kappa shape index (κ2) is 5.97. The van der Waals surface area contributed by atoms with Crippen molar-refractivity contribution in [3.05, 3.63) is 30.3 Å². The molecule has 0 aliphatic carbocycles. The van der Waals surface area contributed by atoms with Crippen molar-refractivity contribution in [3.63, 3.8) is 0 Å². The Morgan fingerprint density at radius 2 is 1.88 bits per heavy atom. The van der Waals surface area contributed by atoms with E-state index in [1.54, 1.807) is 6.92 Å². The smallest absolute Gasteiger partial charge is 0.191 e. The molecular weight excluding hydrogens is 222 g/mol. The van der Waals surface area contributed by atoms with Crippen LogP contribution in [0.4, 0.5) is 5.69 Å². The van der Waals surface area contributed by atoms with Gasteiger partial charge in [-0.25, -0.2) is 0 Å². The van der Waals surface area contributed by atoms with E-state index in [9.17, 15) is 4.79 Å². The lowest BCUT2D eigenvalue weighted by Crippen LogP contribution is -2.25. The number of carbonyl (C=O) groups is 1. The largest absolute Gasteiger partial charge is 0.331 e. The quantitative estimate of drug-likeness (QED) is 0.477. The number of Topliss-reactive ketones (excluding diaryl/α,β-unsaturated/α-hetero) is 1. The number of para-hydroxylation sites is 1. The molecule has 0 saturated carbocycles. The van der Waals surface area contributed by atoms with Crippen molar-refractivity contribution in [2.24, 2.45) is 5.10 Å². The lowest BCUT2D eigenvalue weighted by atomic mass is 10.3. The Labute approximate surface area is 99.7 Å². The number of ketones is 1. The van der Waals surface area contributed by atoms with E-state index in [2.05, 4.69) is 15.8 Å². The number of benzene rings is 1. The Morgan fingerprint density at radius 1 is 1.25 bits per heavy atom. The van der Waals surface area contributed by atoms with E-state index in [1.165, 1.54) is 6.92 Å². The van der Waals surface area contributed by atoms with Gasteiger partial charge >= 0.3 is 0 Å². The molecule has 84 valence electrons. The minimum absolute atomic E-state index is 0.0880. The zero-order chi connectivity index (χ0) is 12.0. The number of hydrogen-bond acceptors (Lipinski definition) is 3. The number of rotatable bonds is 3. The van der Waals surface area contributed by atoms with Crippen LogP contribution in [0, 0.1) is 0 Å². The number of anilines is 1. The predicted octanol–water partition coefficient (Wildman–Crippen LogP) is 1.94. The van der Waals surface area contributed by atoms with Crippen LogP contribution in [0.15, 0.2) is 35.4 Å². The molecule has 16 heavy (non-hydrogen) atoms. The zero-order valence-corrected chi connectivity index (χ0v) is 9.97. The third-order valence-corrected chi connectivity index (χ3v) is 2.06. The molecule has 0 unspecified atom stereocenters. The molecule has 4 nitrogen and oxygen atoms in total. The molecule has 2 N–H and O–H groups in total. The summed E-state index contributed by atoms with van der Waals surface area (Å²) in [6, 6.07) is 9.48. The Hall–Kier alpha value is -1.75. The molecule has 0 atom stereocenters. The van der Waals surface area contributed by atoms with E-state index in [0.29, 0.717) is 10.8 Å². The maximum Gasteiger partial charge on any atom is 0.191 e. The van der Waals surface area contributed by atoms with Crippen molar-refractivity contribution in [1.29, 1.82) is 0 Å². The highest BCUT2D eigenvalue weighted by molar-refractivity contribution is 7.80. The van der Waals surface area contributed by atoms with E-state index in [4.69, 9.17) is 12.2 Å². The molecule has 0 bridgehead atoms. The predicted molar refractivity (Wildman–Crippen MR) is 69.6 cm³/mol. The van der Waals surface area contributed by atoms with E-state index >= 15 is 0 Å². The minimum Gasteiger partial charge on any atom is -0.331 e. The molecule has 0 aliphatic rings. The fraction of sp³-hybridized carbons (Fsp3) is 0.182. The lowest BCUT2D eigenvalue weighted by molar-refractivity contribution is -0.111. The average molecular weight is 235 g/mol. The molecule has 1 aromatic carbocycles. The summed E-state index contributed by atoms with van der Waals surface area (Å²) in [5.41, 5.74) is 3.86. The molecule has 0 aromatic heterocycles. The highest BCUT2D eigenvalue weighted by Gasteiger charge is 1.98. The summed E-state index contributed by atoms with van der Waals surface area (Å²) in [5, 5.41) is 7.12. The van der Waals surface area contributed by atoms with Crippen molar-refractivity contribution in [2.45, 2.75) is 13.8 Å². The molecule has 1 aromatic rings. The zero-order valence-electron chi connectivity index (χ0n) is 9.15. The van der Waals surface area contributed by atoms with Crippen molar-refractivity contribution < 1.29 is 4.79 Å². The highest BCUT2D eigenvalue weighted by Crippen LogP contribution is 2.04. The van der Waals surface area contributed by atoms with Gasteiger partial charge in [-0.2, -0.15) is 5.10 Å². The maximum absolute atomic E-state index is 10.9. The van der Waals surface area contributed by atoms with Gasteiger partial charge in [-0.1, -0.05) is 18.2 Å². The van der Waals surface area contributed by atoms with Gasteiger partial charge in [-0.05, 0) is 31.3 Å². The van der Waals surface area contributed by atoms with Crippen molar-refractivity contribution in [1.82, 2.24) is 5.43 Å². The number of nitrogens with zero attached hydrogens (tertiary/aromatic N) is 1. The van der Waals surface area contributed by atoms with Crippen LogP contribution < -0.4 is 10.7 Å². The summed E-state index contributed by atoms with van der Waals surface area (Å²) in [7, 11) is 0. The Balaban J connectivity index is 2.49. The first-order chi connectivity index (χ1) is 7.59. The second-order valence-corrected chi connectivity index (χ2v) is 3.59. The van der Waals surface area contributed by atoms with E-state index in [0.717, 1.165) is 5.69 Å². The summed E-state index contributed by atoms with van der Waals surface area (Å²) in [6.45, 7) is 3.08. The fourth-order valence-electron chi connectivity index (χ4n) is 0.894. The molecule has 0 spiro atoms. The molecule has 0 amide bonds. The summed E-state index contributed by atoms with van der Waals surface area (Å²) >= 11 is 5.00. The first-order valence-corrected chi connectivity index (χ1v) is 5.17. The maximum atomic E-state index is 10.9. The molecule has 0 saturated heterocycles. The van der Waals surface area contributed by atoms with Gasteiger partial charge in [0.15, 0.2) is 10.9 Å². The van der Waals surface area contributed by atoms with E-state index < -0.39 is 0 Å². The van der Waals surface area contributed by atoms with Crippen LogP contribution >= 0.6 is 12.2 Å². The van der Waals surface area contributed by atoms with Gasteiger partial charge in [0.2, 0.25) is 0 Å². The third kappa shape index (κ3) is 4.18. The van der Waals surface area contributed by atoms with Crippen LogP contribution in [-0.2, 0) is 4.79 Å². The summed E-state index contributed by atoms with van der Waals surface area (Å²) in [5.74, 6) is -0.0880. The van der Waals surface area contributed by atoms with Crippen LogP contribution in [0.2, 0.25) is 0 Å². The van der Waals surface area contributed by atoms with Crippen LogP contribution in [0.5, 0.6) is 0 Å². The molecule has 5 heteroatoms. The first-order valence-electron chi connectivity index (χ1n) is 4.77. The van der Waals surface area contributed by atoms with Gasteiger partial charge in [0.1, 0.15) is 5.71 Å². The standard InChI is InChI=1S/C11H13N3OS/c1-8(9(2)15)13-14-11(16)12-10-6-4-3-5-7-10/h3-7H,1-2H3,(H2,12,14,16)/b13-8+. The van der Waals surface area contributed by atoms with Gasteiger partial charge in [-0.15, -0.1) is 0 Å². The average Bonchev–Trinajstić information content (AvgIpc) is 2.27.